The number of nitrogens with one attached hydrogen (secondary N) is 1. The van der Waals surface area contributed by atoms with Crippen LogP contribution in [0.4, 0.5) is 4.39 Å². The Morgan fingerprint density at radius 1 is 1.44 bits per heavy atom. The molecule has 0 aliphatic rings. The van der Waals surface area contributed by atoms with Gasteiger partial charge in [0.25, 0.3) is 0 Å². The smallest absolute Gasteiger partial charge is 0.123 e. The summed E-state index contributed by atoms with van der Waals surface area (Å²) in [5, 5.41) is 3.26. The molecule has 0 aliphatic carbocycles. The summed E-state index contributed by atoms with van der Waals surface area (Å²) in [6, 6.07) is 4.94. The lowest BCUT2D eigenvalue weighted by molar-refractivity contribution is 0.627. The van der Waals surface area contributed by atoms with Gasteiger partial charge in [0.2, 0.25) is 0 Å². The van der Waals surface area contributed by atoms with Gasteiger partial charge in [-0.05, 0) is 62.2 Å². The van der Waals surface area contributed by atoms with E-state index < -0.39 is 0 Å². The van der Waals surface area contributed by atoms with Crippen molar-refractivity contribution in [3.63, 3.8) is 0 Å². The third kappa shape index (κ3) is 3.78. The minimum absolute atomic E-state index is 0.167. The fourth-order valence-corrected chi connectivity index (χ4v) is 1.70. The molecule has 0 amide bonds. The Bertz CT molecular complexity index is 369. The van der Waals surface area contributed by atoms with Crippen LogP contribution < -0.4 is 5.32 Å². The lowest BCUT2D eigenvalue weighted by atomic mass is 10.0. The van der Waals surface area contributed by atoms with E-state index in [0.717, 1.165) is 36.2 Å². The van der Waals surface area contributed by atoms with Crippen molar-refractivity contribution < 1.29 is 4.39 Å². The van der Waals surface area contributed by atoms with Crippen molar-refractivity contribution >= 4 is 5.57 Å². The first-order chi connectivity index (χ1) is 7.65. The van der Waals surface area contributed by atoms with Crippen LogP contribution in [-0.4, -0.2) is 13.1 Å². The van der Waals surface area contributed by atoms with Gasteiger partial charge >= 0.3 is 0 Å². The molecular weight excluding hydrogens is 201 g/mol. The summed E-state index contributed by atoms with van der Waals surface area (Å²) in [5.74, 6) is -0.167. The molecule has 1 aromatic rings. The number of hydrogen-bond acceptors (Lipinski definition) is 1. The Morgan fingerprint density at radius 3 is 2.88 bits per heavy atom. The van der Waals surface area contributed by atoms with Gasteiger partial charge in [-0.1, -0.05) is 19.1 Å². The molecule has 0 heterocycles. The third-order valence-corrected chi connectivity index (χ3v) is 2.65. The lowest BCUT2D eigenvalue weighted by Gasteiger charge is -2.06. The molecule has 0 bridgehead atoms. The molecule has 1 N–H and O–H groups in total. The molecule has 0 fully saturated rings. The molecule has 0 atom stereocenters. The maximum atomic E-state index is 13.1. The van der Waals surface area contributed by atoms with E-state index in [4.69, 9.17) is 0 Å². The van der Waals surface area contributed by atoms with Crippen LogP contribution >= 0.6 is 0 Å². The fraction of sp³-hybridized carbons (Fsp3) is 0.429. The van der Waals surface area contributed by atoms with Crippen LogP contribution in [-0.2, 0) is 0 Å². The van der Waals surface area contributed by atoms with E-state index in [1.807, 2.05) is 19.9 Å². The Hall–Kier alpha value is -1.15. The maximum absolute atomic E-state index is 13.1. The van der Waals surface area contributed by atoms with E-state index in [1.54, 1.807) is 6.07 Å². The van der Waals surface area contributed by atoms with Gasteiger partial charge in [-0.3, -0.25) is 0 Å². The van der Waals surface area contributed by atoms with Gasteiger partial charge in [0.1, 0.15) is 5.82 Å². The highest BCUT2D eigenvalue weighted by Crippen LogP contribution is 2.19. The zero-order chi connectivity index (χ0) is 12.0. The molecule has 0 unspecified atom stereocenters. The fourth-order valence-electron chi connectivity index (χ4n) is 1.70. The molecule has 0 saturated carbocycles. The van der Waals surface area contributed by atoms with Crippen molar-refractivity contribution in [2.24, 2.45) is 0 Å². The summed E-state index contributed by atoms with van der Waals surface area (Å²) in [7, 11) is 0. The van der Waals surface area contributed by atoms with Gasteiger partial charge in [0, 0.05) is 0 Å². The number of halogens is 1. The monoisotopic (exact) mass is 221 g/mol. The zero-order valence-corrected chi connectivity index (χ0v) is 10.3. The van der Waals surface area contributed by atoms with Crippen molar-refractivity contribution in [2.75, 3.05) is 13.1 Å². The minimum Gasteiger partial charge on any atom is -0.317 e. The Labute approximate surface area is 97.4 Å². The molecule has 1 nitrogen and oxygen atoms in total. The summed E-state index contributed by atoms with van der Waals surface area (Å²) >= 11 is 0. The Balaban J connectivity index is 2.71. The van der Waals surface area contributed by atoms with Gasteiger partial charge in [-0.15, -0.1) is 0 Å². The lowest BCUT2D eigenvalue weighted by Crippen LogP contribution is -2.13. The number of benzene rings is 1. The van der Waals surface area contributed by atoms with Crippen LogP contribution in [0.3, 0.4) is 0 Å². The standard InChI is InChI=1S/C14H20FN/c1-4-16-9-5-6-11(2)14-10-13(15)8-7-12(14)3/h6-8,10,16H,4-5,9H2,1-3H3. The van der Waals surface area contributed by atoms with E-state index in [2.05, 4.69) is 18.3 Å². The molecule has 0 radical (unpaired) electrons. The summed E-state index contributed by atoms with van der Waals surface area (Å²) in [4.78, 5) is 0. The molecule has 88 valence electrons. The van der Waals surface area contributed by atoms with Crippen LogP contribution in [0.2, 0.25) is 0 Å². The van der Waals surface area contributed by atoms with Crippen LogP contribution in [0.25, 0.3) is 5.57 Å². The van der Waals surface area contributed by atoms with E-state index in [0.29, 0.717) is 0 Å². The van der Waals surface area contributed by atoms with Gasteiger partial charge in [-0.25, -0.2) is 4.39 Å². The second-order valence-electron chi connectivity index (χ2n) is 3.99. The van der Waals surface area contributed by atoms with Crippen molar-refractivity contribution in [3.8, 4) is 0 Å². The quantitative estimate of drug-likeness (QED) is 0.750. The summed E-state index contributed by atoms with van der Waals surface area (Å²) in [6.45, 7) is 8.10. The first-order valence-electron chi connectivity index (χ1n) is 5.79. The average Bonchev–Trinajstić information content (AvgIpc) is 2.27. The van der Waals surface area contributed by atoms with Crippen molar-refractivity contribution in [1.82, 2.24) is 5.32 Å². The predicted molar refractivity (Wildman–Crippen MR) is 67.9 cm³/mol. The summed E-state index contributed by atoms with van der Waals surface area (Å²) < 4.78 is 13.1. The second-order valence-corrected chi connectivity index (χ2v) is 3.99. The van der Waals surface area contributed by atoms with Crippen LogP contribution in [0.15, 0.2) is 24.3 Å². The molecule has 0 aromatic heterocycles. The first-order valence-corrected chi connectivity index (χ1v) is 5.79. The summed E-state index contributed by atoms with van der Waals surface area (Å²) in [5.41, 5.74) is 3.28. The molecule has 0 spiro atoms. The molecule has 1 aromatic carbocycles. The third-order valence-electron chi connectivity index (χ3n) is 2.65. The van der Waals surface area contributed by atoms with Crippen LogP contribution in [0.1, 0.15) is 31.4 Å². The molecule has 2 heteroatoms. The summed E-state index contributed by atoms with van der Waals surface area (Å²) in [6.07, 6.45) is 3.14. The number of rotatable bonds is 5. The van der Waals surface area contributed by atoms with Crippen molar-refractivity contribution in [3.05, 3.63) is 41.2 Å². The topological polar surface area (TPSA) is 12.0 Å². The average molecular weight is 221 g/mol. The van der Waals surface area contributed by atoms with Crippen LogP contribution in [0.5, 0.6) is 0 Å². The molecule has 16 heavy (non-hydrogen) atoms. The van der Waals surface area contributed by atoms with E-state index in [-0.39, 0.29) is 5.82 Å². The highest BCUT2D eigenvalue weighted by atomic mass is 19.1. The maximum Gasteiger partial charge on any atom is 0.123 e. The molecule has 0 aliphatic heterocycles. The highest BCUT2D eigenvalue weighted by molar-refractivity contribution is 5.66. The minimum atomic E-state index is -0.167. The van der Waals surface area contributed by atoms with Gasteiger partial charge < -0.3 is 5.32 Å². The van der Waals surface area contributed by atoms with Gasteiger partial charge in [0.15, 0.2) is 0 Å². The predicted octanol–water partition coefficient (Wildman–Crippen LogP) is 3.54. The van der Waals surface area contributed by atoms with E-state index in [9.17, 15) is 4.39 Å². The Kier molecular flexibility index (Phi) is 5.20. The SMILES string of the molecule is CCNCCC=C(C)c1cc(F)ccc1C. The normalized spacial score (nSPS) is 11.9. The molecule has 0 saturated heterocycles. The number of aryl methyl sites for hydroxylation is 1. The zero-order valence-electron chi connectivity index (χ0n) is 10.3. The Morgan fingerprint density at radius 2 is 2.19 bits per heavy atom. The van der Waals surface area contributed by atoms with Crippen molar-refractivity contribution in [2.45, 2.75) is 27.2 Å². The van der Waals surface area contributed by atoms with Crippen molar-refractivity contribution in [1.29, 1.82) is 0 Å². The first kappa shape index (κ1) is 12.9. The number of hydrogen-bond donors (Lipinski definition) is 1. The number of allylic oxidation sites excluding steroid dienone is 1. The van der Waals surface area contributed by atoms with E-state index in [1.165, 1.54) is 6.07 Å². The largest absolute Gasteiger partial charge is 0.317 e. The molecular formula is C14H20FN. The van der Waals surface area contributed by atoms with Gasteiger partial charge in [-0.2, -0.15) is 0 Å². The van der Waals surface area contributed by atoms with Gasteiger partial charge in [0.05, 0.1) is 0 Å². The highest BCUT2D eigenvalue weighted by Gasteiger charge is 2.01. The van der Waals surface area contributed by atoms with E-state index >= 15 is 0 Å². The van der Waals surface area contributed by atoms with Crippen LogP contribution in [0, 0.1) is 12.7 Å². The molecule has 1 rings (SSSR count). The second kappa shape index (κ2) is 6.44.